The topological polar surface area (TPSA) is 71.4 Å². The van der Waals surface area contributed by atoms with Gasteiger partial charge in [-0.3, -0.25) is 14.4 Å². The molecule has 0 fully saturated rings. The number of carboxylic acids is 1. The molecule has 0 aromatic rings. The van der Waals surface area contributed by atoms with E-state index in [2.05, 4.69) is 0 Å². The SMILES string of the molecule is CC(=O)C(CC(=O)O)C(C)=O. The summed E-state index contributed by atoms with van der Waals surface area (Å²) in [5.74, 6) is -2.87. The molecule has 0 unspecified atom stereocenters. The van der Waals surface area contributed by atoms with Crippen molar-refractivity contribution < 1.29 is 19.5 Å². The summed E-state index contributed by atoms with van der Waals surface area (Å²) in [7, 11) is 0. The molecule has 0 saturated carbocycles. The second kappa shape index (κ2) is 3.85. The van der Waals surface area contributed by atoms with Crippen molar-refractivity contribution in [1.29, 1.82) is 0 Å². The third-order valence-electron chi connectivity index (χ3n) is 1.36. The predicted molar refractivity (Wildman–Crippen MR) is 37.1 cm³/mol. The minimum Gasteiger partial charge on any atom is -0.481 e. The summed E-state index contributed by atoms with van der Waals surface area (Å²) >= 11 is 0. The van der Waals surface area contributed by atoms with Crippen LogP contribution in [0.1, 0.15) is 20.3 Å². The molecule has 0 heterocycles. The first kappa shape index (κ1) is 9.81. The number of hydrogen-bond acceptors (Lipinski definition) is 3. The number of carbonyl (C=O) groups is 3. The van der Waals surface area contributed by atoms with E-state index in [0.29, 0.717) is 0 Å². The highest BCUT2D eigenvalue weighted by molar-refractivity contribution is 6.02. The minimum absolute atomic E-state index is 0.389. The molecular weight excluding hydrogens is 148 g/mol. The van der Waals surface area contributed by atoms with Gasteiger partial charge < -0.3 is 5.11 Å². The van der Waals surface area contributed by atoms with E-state index in [-0.39, 0.29) is 11.6 Å². The quantitative estimate of drug-likeness (QED) is 0.595. The van der Waals surface area contributed by atoms with Crippen LogP contribution in [0.4, 0.5) is 0 Å². The average molecular weight is 158 g/mol. The van der Waals surface area contributed by atoms with Crippen LogP contribution < -0.4 is 0 Å². The molecule has 0 spiro atoms. The van der Waals surface area contributed by atoms with E-state index in [0.717, 1.165) is 0 Å². The summed E-state index contributed by atoms with van der Waals surface area (Å²) in [6.07, 6.45) is -0.398. The maximum absolute atomic E-state index is 10.6. The van der Waals surface area contributed by atoms with Crippen molar-refractivity contribution in [1.82, 2.24) is 0 Å². The summed E-state index contributed by atoms with van der Waals surface area (Å²) in [4.78, 5) is 31.4. The van der Waals surface area contributed by atoms with E-state index in [1.54, 1.807) is 0 Å². The van der Waals surface area contributed by atoms with Crippen LogP contribution in [0.15, 0.2) is 0 Å². The van der Waals surface area contributed by atoms with Crippen molar-refractivity contribution in [3.05, 3.63) is 0 Å². The van der Waals surface area contributed by atoms with Crippen molar-refractivity contribution in [2.75, 3.05) is 0 Å². The summed E-state index contributed by atoms with van der Waals surface area (Å²) in [5, 5.41) is 8.28. The first-order chi connectivity index (χ1) is 4.95. The van der Waals surface area contributed by atoms with Crippen LogP contribution in [0.25, 0.3) is 0 Å². The Hall–Kier alpha value is -1.19. The summed E-state index contributed by atoms with van der Waals surface area (Å²) in [6.45, 7) is 2.43. The van der Waals surface area contributed by atoms with E-state index < -0.39 is 18.3 Å². The van der Waals surface area contributed by atoms with Crippen molar-refractivity contribution in [3.8, 4) is 0 Å². The van der Waals surface area contributed by atoms with Gasteiger partial charge in [-0.25, -0.2) is 0 Å². The van der Waals surface area contributed by atoms with E-state index in [9.17, 15) is 14.4 Å². The lowest BCUT2D eigenvalue weighted by Gasteiger charge is -2.04. The van der Waals surface area contributed by atoms with Crippen molar-refractivity contribution >= 4 is 17.5 Å². The number of carbonyl (C=O) groups excluding carboxylic acids is 2. The summed E-state index contributed by atoms with van der Waals surface area (Å²) in [6, 6.07) is 0. The Bertz CT molecular complexity index is 181. The maximum Gasteiger partial charge on any atom is 0.304 e. The van der Waals surface area contributed by atoms with Crippen LogP contribution in [0.3, 0.4) is 0 Å². The highest BCUT2D eigenvalue weighted by Crippen LogP contribution is 2.05. The third-order valence-corrected chi connectivity index (χ3v) is 1.36. The zero-order valence-corrected chi connectivity index (χ0v) is 6.46. The number of carboxylic acid groups (broad SMARTS) is 1. The van der Waals surface area contributed by atoms with Crippen LogP contribution in [-0.4, -0.2) is 22.6 Å². The van der Waals surface area contributed by atoms with Gasteiger partial charge >= 0.3 is 5.97 Å². The van der Waals surface area contributed by atoms with Gasteiger partial charge in [0.15, 0.2) is 0 Å². The lowest BCUT2D eigenvalue weighted by Crippen LogP contribution is -2.22. The standard InChI is InChI=1S/C7H10O4/c1-4(8)6(5(2)9)3-7(10)11/h6H,3H2,1-2H3,(H,10,11). The molecule has 1 N–H and O–H groups in total. The second-order valence-electron chi connectivity index (χ2n) is 2.37. The van der Waals surface area contributed by atoms with Crippen LogP contribution in [0.5, 0.6) is 0 Å². The van der Waals surface area contributed by atoms with Gasteiger partial charge in [0.05, 0.1) is 12.3 Å². The Kier molecular flexibility index (Phi) is 3.44. The zero-order valence-electron chi connectivity index (χ0n) is 6.46. The highest BCUT2D eigenvalue weighted by Gasteiger charge is 2.22. The predicted octanol–water partition coefficient (Wildman–Crippen LogP) is 0.255. The molecule has 11 heavy (non-hydrogen) atoms. The van der Waals surface area contributed by atoms with Gasteiger partial charge in [0.25, 0.3) is 0 Å². The third kappa shape index (κ3) is 3.50. The van der Waals surface area contributed by atoms with Gasteiger partial charge in [-0.15, -0.1) is 0 Å². The molecule has 0 rings (SSSR count). The van der Waals surface area contributed by atoms with E-state index in [1.165, 1.54) is 13.8 Å². The number of hydrogen-bond donors (Lipinski definition) is 1. The molecule has 0 amide bonds. The van der Waals surface area contributed by atoms with Crippen molar-refractivity contribution in [3.63, 3.8) is 0 Å². The Morgan fingerprint density at radius 2 is 1.55 bits per heavy atom. The van der Waals surface area contributed by atoms with Gasteiger partial charge in [0, 0.05) is 0 Å². The monoisotopic (exact) mass is 158 g/mol. The molecule has 0 aliphatic heterocycles. The number of aliphatic carboxylic acids is 1. The maximum atomic E-state index is 10.6. The zero-order chi connectivity index (χ0) is 9.02. The summed E-state index contributed by atoms with van der Waals surface area (Å²) in [5.41, 5.74) is 0. The molecule has 0 aromatic carbocycles. The van der Waals surface area contributed by atoms with Gasteiger partial charge in [0.2, 0.25) is 0 Å². The van der Waals surface area contributed by atoms with Crippen molar-refractivity contribution in [2.45, 2.75) is 20.3 Å². The first-order valence-electron chi connectivity index (χ1n) is 3.18. The first-order valence-corrected chi connectivity index (χ1v) is 3.18. The molecule has 0 atom stereocenters. The molecular formula is C7H10O4. The summed E-state index contributed by atoms with van der Waals surface area (Å²) < 4.78 is 0. The molecule has 4 heteroatoms. The Labute approximate surface area is 64.2 Å². The fourth-order valence-electron chi connectivity index (χ4n) is 0.748. The average Bonchev–Trinajstić information content (AvgIpc) is 1.81. The van der Waals surface area contributed by atoms with Crippen molar-refractivity contribution in [2.24, 2.45) is 5.92 Å². The number of Topliss-reactive ketones (excluding diaryl/α,β-unsaturated/α-hetero) is 2. The van der Waals surface area contributed by atoms with Gasteiger partial charge in [-0.2, -0.15) is 0 Å². The molecule has 0 radical (unpaired) electrons. The van der Waals surface area contributed by atoms with Crippen LogP contribution in [0, 0.1) is 5.92 Å². The molecule has 0 aliphatic carbocycles. The molecule has 4 nitrogen and oxygen atoms in total. The second-order valence-corrected chi connectivity index (χ2v) is 2.37. The van der Waals surface area contributed by atoms with Crippen LogP contribution in [0.2, 0.25) is 0 Å². The Balaban J connectivity index is 4.23. The number of rotatable bonds is 4. The number of ketones is 2. The molecule has 0 aromatic heterocycles. The Morgan fingerprint density at radius 3 is 1.64 bits per heavy atom. The van der Waals surface area contributed by atoms with Gasteiger partial charge in [-0.05, 0) is 13.8 Å². The molecule has 62 valence electrons. The largest absolute Gasteiger partial charge is 0.481 e. The molecule has 0 bridgehead atoms. The van der Waals surface area contributed by atoms with Crippen LogP contribution in [-0.2, 0) is 14.4 Å². The molecule has 0 aliphatic rings. The van der Waals surface area contributed by atoms with Gasteiger partial charge in [-0.1, -0.05) is 0 Å². The lowest BCUT2D eigenvalue weighted by atomic mass is 9.97. The fraction of sp³-hybridized carbons (Fsp3) is 0.571. The van der Waals surface area contributed by atoms with E-state index in [4.69, 9.17) is 5.11 Å². The lowest BCUT2D eigenvalue weighted by molar-refractivity contribution is -0.143. The Morgan fingerprint density at radius 1 is 1.18 bits per heavy atom. The minimum atomic E-state index is -1.12. The van der Waals surface area contributed by atoms with Gasteiger partial charge in [0.1, 0.15) is 11.6 Å². The highest BCUT2D eigenvalue weighted by atomic mass is 16.4. The van der Waals surface area contributed by atoms with Crippen LogP contribution >= 0.6 is 0 Å². The normalized spacial score (nSPS) is 9.73. The van der Waals surface area contributed by atoms with E-state index >= 15 is 0 Å². The fourth-order valence-corrected chi connectivity index (χ4v) is 0.748. The molecule has 0 saturated heterocycles. The van der Waals surface area contributed by atoms with E-state index in [1.807, 2.05) is 0 Å². The smallest absolute Gasteiger partial charge is 0.304 e.